The third-order valence-corrected chi connectivity index (χ3v) is 0.669. The first-order chi connectivity index (χ1) is 3.30. The van der Waals surface area contributed by atoms with E-state index in [0.29, 0.717) is 0 Å². The molecule has 1 aliphatic heterocycles. The van der Waals surface area contributed by atoms with Crippen LogP contribution in [0.2, 0.25) is 0 Å². The molecule has 2 atom stereocenters. The first-order valence-corrected chi connectivity index (χ1v) is 1.84. The van der Waals surface area contributed by atoms with E-state index >= 15 is 0 Å². The first-order valence-electron chi connectivity index (χ1n) is 1.84. The molecule has 0 saturated carbocycles. The van der Waals surface area contributed by atoms with Crippen molar-refractivity contribution < 1.29 is 14.9 Å². The van der Waals surface area contributed by atoms with Gasteiger partial charge in [0.15, 0.2) is 6.40 Å². The molecule has 0 aliphatic carbocycles. The molecule has 4 nitrogen and oxygen atoms in total. The van der Waals surface area contributed by atoms with Gasteiger partial charge >= 0.3 is 0 Å². The van der Waals surface area contributed by atoms with Crippen LogP contribution in [-0.4, -0.2) is 29.1 Å². The summed E-state index contributed by atoms with van der Waals surface area (Å²) in [7, 11) is 0. The molecule has 40 valence electrons. The summed E-state index contributed by atoms with van der Waals surface area (Å²) < 4.78 is 4.28. The lowest BCUT2D eigenvalue weighted by Gasteiger charge is -2.01. The zero-order valence-electron chi connectivity index (χ0n) is 3.48. The van der Waals surface area contributed by atoms with E-state index < -0.39 is 12.5 Å². The lowest BCUT2D eigenvalue weighted by molar-refractivity contribution is -0.0845. The van der Waals surface area contributed by atoms with Crippen molar-refractivity contribution in [2.45, 2.75) is 12.5 Å². The molecule has 1 heterocycles. The van der Waals surface area contributed by atoms with Gasteiger partial charge in [-0.1, -0.05) is 0 Å². The van der Waals surface area contributed by atoms with E-state index in [0.717, 1.165) is 6.40 Å². The van der Waals surface area contributed by atoms with E-state index in [2.05, 4.69) is 9.73 Å². The third-order valence-electron chi connectivity index (χ3n) is 0.669. The van der Waals surface area contributed by atoms with Crippen LogP contribution in [0.15, 0.2) is 4.99 Å². The summed E-state index contributed by atoms with van der Waals surface area (Å²) in [6.07, 6.45) is -1.21. The summed E-state index contributed by atoms with van der Waals surface area (Å²) in [5.41, 5.74) is 0. The Balaban J connectivity index is 2.45. The van der Waals surface area contributed by atoms with Crippen LogP contribution >= 0.6 is 0 Å². The zero-order valence-corrected chi connectivity index (χ0v) is 3.48. The second kappa shape index (κ2) is 1.48. The summed E-state index contributed by atoms with van der Waals surface area (Å²) in [5, 5.41) is 16.8. The van der Waals surface area contributed by atoms with Crippen molar-refractivity contribution in [3.05, 3.63) is 0 Å². The standard InChI is InChI=1S/C3H5NO3/c5-2-3(6)7-1-4-2/h1-3,5-6H. The molecule has 0 fully saturated rings. The number of nitrogens with zero attached hydrogens (tertiary/aromatic N) is 1. The van der Waals surface area contributed by atoms with Crippen molar-refractivity contribution in [3.8, 4) is 0 Å². The number of hydrogen-bond donors (Lipinski definition) is 2. The molecular weight excluding hydrogens is 98.0 g/mol. The van der Waals surface area contributed by atoms with Gasteiger partial charge in [-0.2, -0.15) is 0 Å². The number of aliphatic hydroxyl groups is 2. The Morgan fingerprint density at radius 1 is 1.57 bits per heavy atom. The third kappa shape index (κ3) is 0.703. The van der Waals surface area contributed by atoms with Crippen molar-refractivity contribution in [1.29, 1.82) is 0 Å². The predicted molar refractivity (Wildman–Crippen MR) is 21.6 cm³/mol. The van der Waals surface area contributed by atoms with Crippen LogP contribution in [-0.2, 0) is 4.74 Å². The number of aliphatic imine (C=N–C) groups is 1. The van der Waals surface area contributed by atoms with Crippen LogP contribution in [0.3, 0.4) is 0 Å². The minimum Gasteiger partial charge on any atom is -0.450 e. The van der Waals surface area contributed by atoms with E-state index in [1.54, 1.807) is 0 Å². The minimum absolute atomic E-state index is 1.02. The largest absolute Gasteiger partial charge is 0.450 e. The summed E-state index contributed by atoms with van der Waals surface area (Å²) in [6.45, 7) is 0. The molecule has 1 aliphatic rings. The Hall–Kier alpha value is -0.610. The van der Waals surface area contributed by atoms with Crippen molar-refractivity contribution in [2.75, 3.05) is 0 Å². The minimum atomic E-state index is -1.15. The average molecular weight is 103 g/mol. The number of hydrogen-bond acceptors (Lipinski definition) is 4. The number of aliphatic hydroxyl groups excluding tert-OH is 2. The Morgan fingerprint density at radius 3 is 2.43 bits per heavy atom. The lowest BCUT2D eigenvalue weighted by atomic mass is 10.6. The van der Waals surface area contributed by atoms with Crippen molar-refractivity contribution in [1.82, 2.24) is 0 Å². The fraction of sp³-hybridized carbons (Fsp3) is 0.667. The van der Waals surface area contributed by atoms with Gasteiger partial charge < -0.3 is 14.9 Å². The SMILES string of the molecule is OC1N=COC1O. The smallest absolute Gasteiger partial charge is 0.245 e. The molecule has 0 aromatic carbocycles. The van der Waals surface area contributed by atoms with E-state index in [4.69, 9.17) is 10.2 Å². The van der Waals surface area contributed by atoms with Crippen molar-refractivity contribution in [3.63, 3.8) is 0 Å². The summed E-state index contributed by atoms with van der Waals surface area (Å²) in [5.74, 6) is 0. The highest BCUT2D eigenvalue weighted by atomic mass is 16.6. The molecule has 1 rings (SSSR count). The van der Waals surface area contributed by atoms with Crippen LogP contribution in [0.4, 0.5) is 0 Å². The van der Waals surface area contributed by atoms with E-state index in [9.17, 15) is 0 Å². The second-order valence-electron chi connectivity index (χ2n) is 1.19. The van der Waals surface area contributed by atoms with Gasteiger partial charge in [0.25, 0.3) is 0 Å². The second-order valence-corrected chi connectivity index (χ2v) is 1.19. The normalized spacial score (nSPS) is 38.6. The molecular formula is C3H5NO3. The Labute approximate surface area is 40.1 Å². The monoisotopic (exact) mass is 103 g/mol. The molecule has 0 spiro atoms. The Kier molecular flexibility index (Phi) is 0.958. The van der Waals surface area contributed by atoms with Crippen LogP contribution < -0.4 is 0 Å². The van der Waals surface area contributed by atoms with Crippen LogP contribution in [0.5, 0.6) is 0 Å². The molecule has 0 amide bonds. The van der Waals surface area contributed by atoms with Gasteiger partial charge in [-0.25, -0.2) is 4.99 Å². The van der Waals surface area contributed by atoms with Gasteiger partial charge in [0.2, 0.25) is 12.5 Å². The van der Waals surface area contributed by atoms with Crippen LogP contribution in [0, 0.1) is 0 Å². The van der Waals surface area contributed by atoms with Gasteiger partial charge in [-0.05, 0) is 0 Å². The lowest BCUT2D eigenvalue weighted by Crippen LogP contribution is -2.19. The van der Waals surface area contributed by atoms with Crippen molar-refractivity contribution >= 4 is 6.40 Å². The molecule has 2 N–H and O–H groups in total. The summed E-state index contributed by atoms with van der Waals surface area (Å²) in [4.78, 5) is 3.28. The maximum Gasteiger partial charge on any atom is 0.245 e. The number of rotatable bonds is 0. The molecule has 0 aromatic heterocycles. The van der Waals surface area contributed by atoms with Crippen LogP contribution in [0.1, 0.15) is 0 Å². The molecule has 4 heteroatoms. The van der Waals surface area contributed by atoms with E-state index in [1.165, 1.54) is 0 Å². The maximum atomic E-state index is 8.42. The van der Waals surface area contributed by atoms with Gasteiger partial charge in [0.1, 0.15) is 0 Å². The predicted octanol–water partition coefficient (Wildman–Crippen LogP) is -1.32. The summed E-state index contributed by atoms with van der Waals surface area (Å²) in [6, 6.07) is 0. The van der Waals surface area contributed by atoms with Gasteiger partial charge in [-0.15, -0.1) is 0 Å². The van der Waals surface area contributed by atoms with Gasteiger partial charge in [-0.3, -0.25) is 0 Å². The highest BCUT2D eigenvalue weighted by molar-refractivity contribution is 5.48. The maximum absolute atomic E-state index is 8.42. The highest BCUT2D eigenvalue weighted by Gasteiger charge is 2.18. The fourth-order valence-corrected chi connectivity index (χ4v) is 0.304. The quantitative estimate of drug-likeness (QED) is 0.399. The van der Waals surface area contributed by atoms with Gasteiger partial charge in [0, 0.05) is 0 Å². The molecule has 0 bridgehead atoms. The summed E-state index contributed by atoms with van der Waals surface area (Å²) >= 11 is 0. The fourth-order valence-electron chi connectivity index (χ4n) is 0.304. The molecule has 2 unspecified atom stereocenters. The average Bonchev–Trinajstić information content (AvgIpc) is 1.91. The Bertz CT molecular complexity index is 92.2. The Morgan fingerprint density at radius 2 is 2.29 bits per heavy atom. The molecule has 0 saturated heterocycles. The van der Waals surface area contributed by atoms with E-state index in [-0.39, 0.29) is 0 Å². The van der Waals surface area contributed by atoms with Crippen LogP contribution in [0.25, 0.3) is 0 Å². The highest BCUT2D eigenvalue weighted by Crippen LogP contribution is 2.00. The zero-order chi connectivity index (χ0) is 5.28. The molecule has 0 radical (unpaired) electrons. The number of ether oxygens (including phenoxy) is 1. The topological polar surface area (TPSA) is 62.1 Å². The molecule has 7 heavy (non-hydrogen) atoms. The molecule has 0 aromatic rings. The van der Waals surface area contributed by atoms with Gasteiger partial charge in [0.05, 0.1) is 0 Å². The van der Waals surface area contributed by atoms with Crippen molar-refractivity contribution in [2.24, 2.45) is 4.99 Å². The first kappa shape index (κ1) is 4.55. The van der Waals surface area contributed by atoms with E-state index in [1.807, 2.05) is 0 Å².